The van der Waals surface area contributed by atoms with E-state index in [2.05, 4.69) is 35.1 Å². The highest BCUT2D eigenvalue weighted by Crippen LogP contribution is 2.06. The first-order valence-corrected chi connectivity index (χ1v) is 5.21. The molecule has 0 radical (unpaired) electrons. The molecule has 0 fully saturated rings. The van der Waals surface area contributed by atoms with E-state index in [0.717, 1.165) is 25.2 Å². The molecule has 2 heterocycles. The smallest absolute Gasteiger partial charge is 0.137 e. The Bertz CT molecular complexity index is 415. The third-order valence-electron chi connectivity index (χ3n) is 2.37. The van der Waals surface area contributed by atoms with Crippen LogP contribution in [-0.4, -0.2) is 24.5 Å². The van der Waals surface area contributed by atoms with E-state index in [1.807, 2.05) is 9.36 Å². The van der Waals surface area contributed by atoms with Crippen LogP contribution >= 0.6 is 0 Å². The van der Waals surface area contributed by atoms with Gasteiger partial charge in [0.05, 0.1) is 17.9 Å². The molecule has 0 amide bonds. The van der Waals surface area contributed by atoms with E-state index < -0.39 is 0 Å². The maximum absolute atomic E-state index is 4.48. The summed E-state index contributed by atoms with van der Waals surface area (Å²) in [6.45, 7) is 5.84. The highest BCUT2D eigenvalue weighted by atomic mass is 15.3. The second-order valence-corrected chi connectivity index (χ2v) is 3.39. The average molecular weight is 205 g/mol. The predicted octanol–water partition coefficient (Wildman–Crippen LogP) is 1.11. The van der Waals surface area contributed by atoms with Crippen molar-refractivity contribution in [2.24, 2.45) is 0 Å². The number of nitrogens with zero attached hydrogens (tertiary/aromatic N) is 5. The Kier molecular flexibility index (Phi) is 2.80. The van der Waals surface area contributed by atoms with Gasteiger partial charge in [-0.15, -0.1) is 0 Å². The fourth-order valence-electron chi connectivity index (χ4n) is 1.57. The Morgan fingerprint density at radius 1 is 1.33 bits per heavy atom. The average Bonchev–Trinajstić information content (AvgIpc) is 2.87. The first-order valence-electron chi connectivity index (χ1n) is 5.21. The first kappa shape index (κ1) is 9.89. The number of aromatic nitrogens is 5. The molecule has 0 spiro atoms. The summed E-state index contributed by atoms with van der Waals surface area (Å²) in [4.78, 5) is 3.92. The maximum atomic E-state index is 4.48. The van der Waals surface area contributed by atoms with Crippen LogP contribution in [0.15, 0.2) is 18.7 Å². The summed E-state index contributed by atoms with van der Waals surface area (Å²) < 4.78 is 3.82. The van der Waals surface area contributed by atoms with Gasteiger partial charge in [-0.05, 0) is 19.4 Å². The van der Waals surface area contributed by atoms with Gasteiger partial charge in [-0.2, -0.15) is 10.2 Å². The summed E-state index contributed by atoms with van der Waals surface area (Å²) in [5, 5.41) is 8.57. The van der Waals surface area contributed by atoms with Gasteiger partial charge in [-0.25, -0.2) is 9.67 Å². The molecule has 2 rings (SSSR count). The number of hydrogen-bond donors (Lipinski definition) is 0. The van der Waals surface area contributed by atoms with Crippen molar-refractivity contribution >= 4 is 0 Å². The molecule has 0 saturated heterocycles. The molecule has 15 heavy (non-hydrogen) atoms. The molecule has 0 N–H and O–H groups in total. The molecular formula is C10H15N5. The standard InChI is InChI=1S/C10H15N5/c1-3-9-5-10(15(4-2)13-9)6-14-8-11-7-12-14/h5,7-8H,3-4,6H2,1-2H3. The minimum Gasteiger partial charge on any atom is -0.268 e. The molecule has 0 aliphatic rings. The molecule has 0 aromatic carbocycles. The Hall–Kier alpha value is -1.65. The van der Waals surface area contributed by atoms with Crippen molar-refractivity contribution in [2.45, 2.75) is 33.4 Å². The molecule has 0 aliphatic heterocycles. The van der Waals surface area contributed by atoms with Gasteiger partial charge in [0, 0.05) is 6.54 Å². The lowest BCUT2D eigenvalue weighted by molar-refractivity contribution is 0.573. The van der Waals surface area contributed by atoms with Crippen LogP contribution in [0.2, 0.25) is 0 Å². The quantitative estimate of drug-likeness (QED) is 0.751. The Morgan fingerprint density at radius 2 is 2.20 bits per heavy atom. The van der Waals surface area contributed by atoms with Crippen LogP contribution in [0.25, 0.3) is 0 Å². The van der Waals surface area contributed by atoms with Gasteiger partial charge >= 0.3 is 0 Å². The molecule has 0 atom stereocenters. The highest BCUT2D eigenvalue weighted by Gasteiger charge is 2.06. The molecule has 0 saturated carbocycles. The molecule has 0 unspecified atom stereocenters. The highest BCUT2D eigenvalue weighted by molar-refractivity contribution is 5.10. The van der Waals surface area contributed by atoms with Crippen molar-refractivity contribution in [3.63, 3.8) is 0 Å². The third-order valence-corrected chi connectivity index (χ3v) is 2.37. The van der Waals surface area contributed by atoms with Gasteiger partial charge in [-0.1, -0.05) is 6.92 Å². The summed E-state index contributed by atoms with van der Waals surface area (Å²) in [6, 6.07) is 2.13. The topological polar surface area (TPSA) is 48.5 Å². The van der Waals surface area contributed by atoms with Gasteiger partial charge < -0.3 is 0 Å². The van der Waals surface area contributed by atoms with E-state index in [1.165, 1.54) is 5.69 Å². The van der Waals surface area contributed by atoms with Gasteiger partial charge in [0.15, 0.2) is 0 Å². The molecule has 5 heteroatoms. The second kappa shape index (κ2) is 4.25. The fourth-order valence-corrected chi connectivity index (χ4v) is 1.57. The van der Waals surface area contributed by atoms with Crippen molar-refractivity contribution in [3.8, 4) is 0 Å². The lowest BCUT2D eigenvalue weighted by Crippen LogP contribution is -2.08. The molecular weight excluding hydrogens is 190 g/mol. The van der Waals surface area contributed by atoms with Crippen molar-refractivity contribution in [2.75, 3.05) is 0 Å². The van der Waals surface area contributed by atoms with Crippen LogP contribution in [-0.2, 0) is 19.5 Å². The van der Waals surface area contributed by atoms with Gasteiger partial charge in [0.2, 0.25) is 0 Å². The van der Waals surface area contributed by atoms with Crippen molar-refractivity contribution in [1.29, 1.82) is 0 Å². The van der Waals surface area contributed by atoms with Crippen LogP contribution in [0.4, 0.5) is 0 Å². The van der Waals surface area contributed by atoms with E-state index >= 15 is 0 Å². The fraction of sp³-hybridized carbons (Fsp3) is 0.500. The van der Waals surface area contributed by atoms with Crippen molar-refractivity contribution in [1.82, 2.24) is 24.5 Å². The number of aryl methyl sites for hydroxylation is 2. The van der Waals surface area contributed by atoms with Crippen LogP contribution in [0.5, 0.6) is 0 Å². The largest absolute Gasteiger partial charge is 0.268 e. The molecule has 5 nitrogen and oxygen atoms in total. The third kappa shape index (κ3) is 2.06. The van der Waals surface area contributed by atoms with Crippen LogP contribution < -0.4 is 0 Å². The number of rotatable bonds is 4. The minimum absolute atomic E-state index is 0.737. The first-order chi connectivity index (χ1) is 7.33. The van der Waals surface area contributed by atoms with E-state index in [4.69, 9.17) is 0 Å². The molecule has 0 aliphatic carbocycles. The molecule has 80 valence electrons. The zero-order valence-electron chi connectivity index (χ0n) is 9.09. The summed E-state index contributed by atoms with van der Waals surface area (Å²) in [5.74, 6) is 0. The monoisotopic (exact) mass is 205 g/mol. The van der Waals surface area contributed by atoms with Gasteiger partial charge in [0.1, 0.15) is 12.7 Å². The second-order valence-electron chi connectivity index (χ2n) is 3.39. The molecule has 2 aromatic heterocycles. The van der Waals surface area contributed by atoms with E-state index in [1.54, 1.807) is 12.7 Å². The SMILES string of the molecule is CCc1cc(Cn2cncn2)n(CC)n1. The number of hydrogen-bond acceptors (Lipinski definition) is 3. The summed E-state index contributed by atoms with van der Waals surface area (Å²) in [5.41, 5.74) is 2.31. The summed E-state index contributed by atoms with van der Waals surface area (Å²) in [7, 11) is 0. The lowest BCUT2D eigenvalue weighted by Gasteiger charge is -2.03. The van der Waals surface area contributed by atoms with Crippen LogP contribution in [0, 0.1) is 0 Å². The Morgan fingerprint density at radius 3 is 2.80 bits per heavy atom. The van der Waals surface area contributed by atoms with E-state index in [-0.39, 0.29) is 0 Å². The van der Waals surface area contributed by atoms with Crippen LogP contribution in [0.3, 0.4) is 0 Å². The zero-order valence-corrected chi connectivity index (χ0v) is 9.09. The summed E-state index contributed by atoms with van der Waals surface area (Å²) >= 11 is 0. The normalized spacial score (nSPS) is 10.8. The van der Waals surface area contributed by atoms with E-state index in [0.29, 0.717) is 0 Å². The van der Waals surface area contributed by atoms with Crippen molar-refractivity contribution in [3.05, 3.63) is 30.1 Å². The maximum Gasteiger partial charge on any atom is 0.137 e. The Labute approximate surface area is 88.7 Å². The molecule has 2 aromatic rings. The zero-order chi connectivity index (χ0) is 10.7. The summed E-state index contributed by atoms with van der Waals surface area (Å²) in [6.07, 6.45) is 4.24. The van der Waals surface area contributed by atoms with Crippen molar-refractivity contribution < 1.29 is 0 Å². The molecule has 0 bridgehead atoms. The predicted molar refractivity (Wildman–Crippen MR) is 56.4 cm³/mol. The Balaban J connectivity index is 2.23. The van der Waals surface area contributed by atoms with Gasteiger partial charge in [0.25, 0.3) is 0 Å². The van der Waals surface area contributed by atoms with Gasteiger partial charge in [-0.3, -0.25) is 4.68 Å². The van der Waals surface area contributed by atoms with E-state index in [9.17, 15) is 0 Å². The minimum atomic E-state index is 0.737. The van der Waals surface area contributed by atoms with Crippen LogP contribution in [0.1, 0.15) is 25.2 Å². The lowest BCUT2D eigenvalue weighted by atomic mass is 10.3.